The van der Waals surface area contributed by atoms with Gasteiger partial charge in [0.15, 0.2) is 0 Å². The Kier molecular flexibility index (Phi) is 6.66. The van der Waals surface area contributed by atoms with Crippen molar-refractivity contribution in [1.82, 2.24) is 20.1 Å². The van der Waals surface area contributed by atoms with Crippen molar-refractivity contribution >= 4 is 11.8 Å². The predicted octanol–water partition coefficient (Wildman–Crippen LogP) is 2.95. The lowest BCUT2D eigenvalue weighted by molar-refractivity contribution is -0.139. The van der Waals surface area contributed by atoms with Gasteiger partial charge in [-0.1, -0.05) is 30.3 Å². The lowest BCUT2D eigenvalue weighted by atomic mass is 9.80. The van der Waals surface area contributed by atoms with Gasteiger partial charge in [0.2, 0.25) is 11.8 Å². The fraction of sp³-hybridized carbons (Fsp3) is 0.480. The second-order valence-electron chi connectivity index (χ2n) is 8.86. The van der Waals surface area contributed by atoms with Crippen molar-refractivity contribution in [2.45, 2.75) is 44.7 Å². The second-order valence-corrected chi connectivity index (χ2v) is 8.86. The van der Waals surface area contributed by atoms with E-state index in [1.54, 1.807) is 6.92 Å². The second kappa shape index (κ2) is 9.60. The number of amides is 2. The third kappa shape index (κ3) is 5.13. The van der Waals surface area contributed by atoms with E-state index in [0.717, 1.165) is 50.9 Å². The Hall–Kier alpha value is -2.73. The molecule has 1 N–H and O–H groups in total. The lowest BCUT2D eigenvalue weighted by Crippen LogP contribution is -2.54. The predicted molar refractivity (Wildman–Crippen MR) is 120 cm³/mol. The molecule has 0 radical (unpaired) electrons. The molecule has 1 aromatic carbocycles. The number of hydrogen-bond donors (Lipinski definition) is 1. The molecule has 31 heavy (non-hydrogen) atoms. The summed E-state index contributed by atoms with van der Waals surface area (Å²) in [6, 6.07) is 14.3. The van der Waals surface area contributed by atoms with Crippen LogP contribution in [0, 0.1) is 5.92 Å². The van der Waals surface area contributed by atoms with Crippen molar-refractivity contribution in [2.24, 2.45) is 5.92 Å². The van der Waals surface area contributed by atoms with E-state index >= 15 is 0 Å². The van der Waals surface area contributed by atoms with Gasteiger partial charge in [0.25, 0.3) is 0 Å². The van der Waals surface area contributed by atoms with Crippen molar-refractivity contribution in [3.63, 3.8) is 0 Å². The summed E-state index contributed by atoms with van der Waals surface area (Å²) >= 11 is 0. The van der Waals surface area contributed by atoms with E-state index in [1.165, 1.54) is 5.56 Å². The first kappa shape index (κ1) is 21.5. The van der Waals surface area contributed by atoms with Gasteiger partial charge in [-0.25, -0.2) is 0 Å². The third-order valence-electron chi connectivity index (χ3n) is 6.76. The first-order chi connectivity index (χ1) is 15.1. The maximum absolute atomic E-state index is 13.2. The smallest absolute Gasteiger partial charge is 0.225 e. The molecule has 0 spiro atoms. The van der Waals surface area contributed by atoms with Gasteiger partial charge in [0.05, 0.1) is 5.54 Å². The molecule has 6 nitrogen and oxygen atoms in total. The van der Waals surface area contributed by atoms with Gasteiger partial charge in [-0.05, 0) is 62.0 Å². The Balaban J connectivity index is 1.32. The fourth-order valence-electron chi connectivity index (χ4n) is 5.03. The van der Waals surface area contributed by atoms with Crippen LogP contribution < -0.4 is 5.32 Å². The Morgan fingerprint density at radius 1 is 1.00 bits per heavy atom. The van der Waals surface area contributed by atoms with Crippen LogP contribution in [0.3, 0.4) is 0 Å². The Bertz CT molecular complexity index is 871. The number of carbonyl (C=O) groups excluding carboxylic acids is 2. The largest absolute Gasteiger partial charge is 0.347 e. The molecule has 1 aromatic heterocycles. The number of nitrogens with zero attached hydrogens (tertiary/aromatic N) is 3. The first-order valence-corrected chi connectivity index (χ1v) is 11.3. The number of nitrogens with one attached hydrogen (secondary N) is 1. The molecule has 2 aliphatic heterocycles. The number of pyridine rings is 1. The van der Waals surface area contributed by atoms with Gasteiger partial charge in [0.1, 0.15) is 0 Å². The van der Waals surface area contributed by atoms with Crippen LogP contribution in [0.1, 0.15) is 43.7 Å². The van der Waals surface area contributed by atoms with E-state index in [0.29, 0.717) is 13.1 Å². The minimum Gasteiger partial charge on any atom is -0.347 e. The highest BCUT2D eigenvalue weighted by molar-refractivity contribution is 5.79. The molecule has 2 aliphatic rings. The van der Waals surface area contributed by atoms with E-state index < -0.39 is 0 Å². The van der Waals surface area contributed by atoms with Gasteiger partial charge in [-0.15, -0.1) is 0 Å². The Morgan fingerprint density at radius 2 is 1.65 bits per heavy atom. The van der Waals surface area contributed by atoms with Crippen molar-refractivity contribution in [3.8, 4) is 0 Å². The highest BCUT2D eigenvalue weighted by Crippen LogP contribution is 2.34. The van der Waals surface area contributed by atoms with E-state index in [2.05, 4.69) is 39.5 Å². The van der Waals surface area contributed by atoms with Crippen molar-refractivity contribution < 1.29 is 9.59 Å². The van der Waals surface area contributed by atoms with E-state index in [1.807, 2.05) is 35.5 Å². The van der Waals surface area contributed by atoms with Crippen LogP contribution in [-0.2, 0) is 21.7 Å². The zero-order valence-electron chi connectivity index (χ0n) is 18.3. The normalized spacial score (nSPS) is 19.7. The molecule has 6 heteroatoms. The van der Waals surface area contributed by atoms with Crippen LogP contribution in [0.2, 0.25) is 0 Å². The van der Waals surface area contributed by atoms with Crippen molar-refractivity contribution in [2.75, 3.05) is 26.2 Å². The maximum Gasteiger partial charge on any atom is 0.225 e. The third-order valence-corrected chi connectivity index (χ3v) is 6.76. The maximum atomic E-state index is 13.2. The molecule has 4 rings (SSSR count). The summed E-state index contributed by atoms with van der Waals surface area (Å²) in [7, 11) is 0. The summed E-state index contributed by atoms with van der Waals surface area (Å²) < 4.78 is 0. The van der Waals surface area contributed by atoms with Crippen LogP contribution >= 0.6 is 0 Å². The van der Waals surface area contributed by atoms with Crippen LogP contribution in [0.15, 0.2) is 54.9 Å². The summed E-state index contributed by atoms with van der Waals surface area (Å²) in [6.45, 7) is 5.76. The summed E-state index contributed by atoms with van der Waals surface area (Å²) in [4.78, 5) is 33.6. The fourth-order valence-corrected chi connectivity index (χ4v) is 5.03. The molecule has 2 fully saturated rings. The molecule has 2 saturated heterocycles. The van der Waals surface area contributed by atoms with Crippen molar-refractivity contribution in [1.29, 1.82) is 0 Å². The Labute approximate surface area is 184 Å². The molecular formula is C25H32N4O2. The molecule has 0 aliphatic carbocycles. The summed E-state index contributed by atoms with van der Waals surface area (Å²) in [6.07, 6.45) is 7.00. The molecule has 0 unspecified atom stereocenters. The van der Waals surface area contributed by atoms with Crippen LogP contribution in [-0.4, -0.2) is 52.8 Å². The topological polar surface area (TPSA) is 65.5 Å². The minimum atomic E-state index is -0.377. The summed E-state index contributed by atoms with van der Waals surface area (Å²) in [5.74, 6) is 0.372. The standard InChI is InChI=1S/C25H32N4O2/c1-20(30)27-25(23-5-3-2-4-6-23)11-17-29(18-12-25)24(31)22-9-15-28(16-10-22)19-21-7-13-26-14-8-21/h2-8,13-14,22H,9-12,15-19H2,1H3,(H,27,30). The number of aromatic nitrogens is 1. The number of benzene rings is 1. The quantitative estimate of drug-likeness (QED) is 0.808. The SMILES string of the molecule is CC(=O)NC1(c2ccccc2)CCN(C(=O)C2CCN(Cc3ccncc3)CC2)CC1. The molecule has 3 heterocycles. The molecule has 2 aromatic rings. The highest BCUT2D eigenvalue weighted by Gasteiger charge is 2.39. The Morgan fingerprint density at radius 3 is 2.26 bits per heavy atom. The van der Waals surface area contributed by atoms with Gasteiger partial charge in [-0.2, -0.15) is 0 Å². The number of rotatable bonds is 5. The van der Waals surface area contributed by atoms with Crippen LogP contribution in [0.25, 0.3) is 0 Å². The zero-order valence-corrected chi connectivity index (χ0v) is 18.3. The molecule has 164 valence electrons. The molecule has 2 amide bonds. The summed E-state index contributed by atoms with van der Waals surface area (Å²) in [5, 5.41) is 3.19. The highest BCUT2D eigenvalue weighted by atomic mass is 16.2. The lowest BCUT2D eigenvalue weighted by Gasteiger charge is -2.44. The molecular weight excluding hydrogens is 388 g/mol. The van der Waals surface area contributed by atoms with Crippen LogP contribution in [0.4, 0.5) is 0 Å². The van der Waals surface area contributed by atoms with Crippen LogP contribution in [0.5, 0.6) is 0 Å². The zero-order chi connectivity index (χ0) is 21.7. The average Bonchev–Trinajstić information content (AvgIpc) is 2.80. The summed E-state index contributed by atoms with van der Waals surface area (Å²) in [5.41, 5.74) is 2.02. The minimum absolute atomic E-state index is 0.0230. The first-order valence-electron chi connectivity index (χ1n) is 11.3. The van der Waals surface area contributed by atoms with E-state index in [-0.39, 0.29) is 23.3 Å². The number of carbonyl (C=O) groups is 2. The monoisotopic (exact) mass is 420 g/mol. The van der Waals surface area contributed by atoms with Crippen molar-refractivity contribution in [3.05, 3.63) is 66.0 Å². The van der Waals surface area contributed by atoms with E-state index in [4.69, 9.17) is 0 Å². The average molecular weight is 421 g/mol. The number of piperidine rings is 2. The molecule has 0 bridgehead atoms. The number of hydrogen-bond acceptors (Lipinski definition) is 4. The van der Waals surface area contributed by atoms with Gasteiger partial charge >= 0.3 is 0 Å². The van der Waals surface area contributed by atoms with E-state index in [9.17, 15) is 9.59 Å². The van der Waals surface area contributed by atoms with Gasteiger partial charge < -0.3 is 10.2 Å². The van der Waals surface area contributed by atoms with Gasteiger partial charge in [-0.3, -0.25) is 19.5 Å². The molecule has 0 atom stereocenters. The molecule has 0 saturated carbocycles. The number of likely N-dealkylation sites (tertiary alicyclic amines) is 2. The van der Waals surface area contributed by atoms with Gasteiger partial charge in [0, 0.05) is 44.9 Å².